The van der Waals surface area contributed by atoms with Gasteiger partial charge in [-0.05, 0) is 11.9 Å². The van der Waals surface area contributed by atoms with Gasteiger partial charge < -0.3 is 15.4 Å². The second-order valence-electron chi connectivity index (χ2n) is 3.61. The molecule has 0 bridgehead atoms. The van der Waals surface area contributed by atoms with E-state index in [-0.39, 0.29) is 10.7 Å². The van der Waals surface area contributed by atoms with Gasteiger partial charge in [0, 0.05) is 5.56 Å². The van der Waals surface area contributed by atoms with E-state index in [4.69, 9.17) is 0 Å². The molecule has 0 saturated carbocycles. The van der Waals surface area contributed by atoms with Crippen molar-refractivity contribution in [2.24, 2.45) is 0 Å². The van der Waals surface area contributed by atoms with E-state index in [1.807, 2.05) is 0 Å². The van der Waals surface area contributed by atoms with Crippen LogP contribution in [0.4, 0.5) is 5.82 Å². The van der Waals surface area contributed by atoms with Crippen LogP contribution in [0, 0.1) is 0 Å². The summed E-state index contributed by atoms with van der Waals surface area (Å²) in [4.78, 5) is 4.07. The number of sulfonamides is 1. The van der Waals surface area contributed by atoms with Crippen molar-refractivity contribution in [2.75, 3.05) is 0 Å². The van der Waals surface area contributed by atoms with Gasteiger partial charge in [-0.1, -0.05) is 42.6 Å². The maximum absolute atomic E-state index is 12.1. The molecule has 0 radical (unpaired) electrons. The van der Waals surface area contributed by atoms with Crippen LogP contribution in [0.3, 0.4) is 0 Å². The average Bonchev–Trinajstić information content (AvgIpc) is 2.39. The summed E-state index contributed by atoms with van der Waals surface area (Å²) in [7, 11) is -3.73. The van der Waals surface area contributed by atoms with E-state index in [0.29, 0.717) is 12.1 Å². The summed E-state index contributed by atoms with van der Waals surface area (Å²) >= 11 is 0. The summed E-state index contributed by atoms with van der Waals surface area (Å²) in [5, 5.41) is 0. The van der Waals surface area contributed by atoms with Gasteiger partial charge >= 0.3 is 0 Å². The molecule has 6 heteroatoms. The largest absolute Gasteiger partial charge is 0.442 e. The number of pyridine rings is 1. The van der Waals surface area contributed by atoms with E-state index in [1.165, 1.54) is 12.3 Å². The van der Waals surface area contributed by atoms with E-state index < -0.39 is 10.0 Å². The van der Waals surface area contributed by atoms with Crippen LogP contribution in [-0.2, 0) is 16.6 Å². The summed E-state index contributed by atoms with van der Waals surface area (Å²) < 4.78 is 28.0. The summed E-state index contributed by atoms with van der Waals surface area (Å²) in [5.74, 6) is 0.177. The Balaban J connectivity index is 2.37. The topological polar surface area (TPSA) is 88.8 Å². The molecule has 3 N–H and O–H groups in total. The van der Waals surface area contributed by atoms with Crippen LogP contribution in [0.5, 0.6) is 0 Å². The van der Waals surface area contributed by atoms with Crippen LogP contribution in [0.25, 0.3) is 4.72 Å². The molecule has 18 heavy (non-hydrogen) atoms. The van der Waals surface area contributed by atoms with Gasteiger partial charge in [0.05, 0.1) is 4.90 Å². The lowest BCUT2D eigenvalue weighted by atomic mass is 10.2. The number of aromatic nitrogens is 1. The first-order valence-corrected chi connectivity index (χ1v) is 6.84. The molecule has 5 nitrogen and oxygen atoms in total. The minimum Gasteiger partial charge on any atom is -0.442 e. The third-order valence-electron chi connectivity index (χ3n) is 2.38. The molecule has 0 aliphatic rings. The molecule has 0 fully saturated rings. The van der Waals surface area contributed by atoms with Crippen LogP contribution in [0.1, 0.15) is 5.56 Å². The van der Waals surface area contributed by atoms with Crippen molar-refractivity contribution in [1.82, 2.24) is 4.98 Å². The standard InChI is InChI=1S/C12H12N3O2S/c13-9-10-5-1-2-6-11(10)18(16,17)15-12-7-3-4-8-14-12/h1-8H,9,13H2/q-1/p+1. The number of rotatable bonds is 4. The summed E-state index contributed by atoms with van der Waals surface area (Å²) in [6.07, 6.45) is 1.50. The van der Waals surface area contributed by atoms with Crippen LogP contribution >= 0.6 is 0 Å². The predicted octanol–water partition coefficient (Wildman–Crippen LogP) is 1.22. The molecule has 0 aliphatic heterocycles. The quantitative estimate of drug-likeness (QED) is 0.899. The van der Waals surface area contributed by atoms with Crippen molar-refractivity contribution in [3.05, 3.63) is 58.9 Å². The van der Waals surface area contributed by atoms with Crippen LogP contribution in [0.2, 0.25) is 0 Å². The molecule has 0 unspecified atom stereocenters. The van der Waals surface area contributed by atoms with Gasteiger partial charge in [-0.15, -0.1) is 0 Å². The summed E-state index contributed by atoms with van der Waals surface area (Å²) in [6.45, 7) is 0.396. The van der Waals surface area contributed by atoms with Crippen molar-refractivity contribution in [1.29, 1.82) is 0 Å². The lowest BCUT2D eigenvalue weighted by Gasteiger charge is -2.16. The molecule has 2 rings (SSSR count). The zero-order valence-corrected chi connectivity index (χ0v) is 10.5. The molecule has 0 spiro atoms. The predicted molar refractivity (Wildman–Crippen MR) is 67.5 cm³/mol. The maximum Gasteiger partial charge on any atom is 0.202 e. The fourth-order valence-corrected chi connectivity index (χ4v) is 2.75. The Labute approximate surface area is 106 Å². The molecule has 2 aromatic rings. The van der Waals surface area contributed by atoms with Gasteiger partial charge in [0.25, 0.3) is 0 Å². The molecular weight excluding hydrogens is 250 g/mol. The van der Waals surface area contributed by atoms with E-state index in [0.717, 1.165) is 0 Å². The molecular formula is C12H13N3O2S. The normalized spacial score (nSPS) is 11.2. The Morgan fingerprint density at radius 2 is 1.83 bits per heavy atom. The molecule has 0 amide bonds. The first kappa shape index (κ1) is 12.5. The molecule has 1 heterocycles. The van der Waals surface area contributed by atoms with Crippen LogP contribution in [0.15, 0.2) is 53.6 Å². The monoisotopic (exact) mass is 263 g/mol. The number of benzene rings is 1. The van der Waals surface area contributed by atoms with E-state index >= 15 is 0 Å². The first-order chi connectivity index (χ1) is 8.63. The van der Waals surface area contributed by atoms with Gasteiger partial charge in [0.15, 0.2) is 0 Å². The Kier molecular flexibility index (Phi) is 3.59. The van der Waals surface area contributed by atoms with Gasteiger partial charge in [-0.2, -0.15) is 0 Å². The molecule has 94 valence electrons. The Bertz CT molecular complexity index is 627. The van der Waals surface area contributed by atoms with Crippen LogP contribution in [-0.4, -0.2) is 13.4 Å². The minimum absolute atomic E-state index is 0.177. The molecule has 0 aliphatic carbocycles. The smallest absolute Gasteiger partial charge is 0.202 e. The number of hydrogen-bond acceptors (Lipinski definition) is 3. The molecule has 0 atom stereocenters. The van der Waals surface area contributed by atoms with Crippen molar-refractivity contribution < 1.29 is 14.2 Å². The van der Waals surface area contributed by atoms with E-state index in [1.54, 1.807) is 36.4 Å². The van der Waals surface area contributed by atoms with Gasteiger partial charge in [-0.25, -0.2) is 8.42 Å². The minimum atomic E-state index is -3.73. The Morgan fingerprint density at radius 3 is 2.50 bits per heavy atom. The summed E-state index contributed by atoms with van der Waals surface area (Å²) in [5.41, 5.74) is 4.37. The number of quaternary nitrogens is 1. The third kappa shape index (κ3) is 2.66. The third-order valence-corrected chi connectivity index (χ3v) is 3.76. The van der Waals surface area contributed by atoms with Gasteiger partial charge in [-0.3, -0.25) is 0 Å². The first-order valence-electron chi connectivity index (χ1n) is 5.40. The highest BCUT2D eigenvalue weighted by atomic mass is 32.2. The average molecular weight is 263 g/mol. The Morgan fingerprint density at radius 1 is 1.11 bits per heavy atom. The second kappa shape index (κ2) is 5.16. The number of nitrogens with zero attached hydrogens (tertiary/aromatic N) is 2. The molecule has 1 aromatic heterocycles. The van der Waals surface area contributed by atoms with Crippen molar-refractivity contribution in [3.63, 3.8) is 0 Å². The van der Waals surface area contributed by atoms with E-state index in [9.17, 15) is 8.42 Å². The number of hydrogen-bond donors (Lipinski definition) is 1. The van der Waals surface area contributed by atoms with E-state index in [2.05, 4.69) is 15.4 Å². The maximum atomic E-state index is 12.1. The van der Waals surface area contributed by atoms with Gasteiger partial charge in [0.1, 0.15) is 6.54 Å². The van der Waals surface area contributed by atoms with Crippen LogP contribution < -0.4 is 5.73 Å². The lowest BCUT2D eigenvalue weighted by molar-refractivity contribution is -0.387. The fourth-order valence-electron chi connectivity index (χ4n) is 1.54. The van der Waals surface area contributed by atoms with Crippen molar-refractivity contribution >= 4 is 15.8 Å². The lowest BCUT2D eigenvalue weighted by Crippen LogP contribution is -2.47. The zero-order chi connectivity index (χ0) is 13.0. The van der Waals surface area contributed by atoms with Gasteiger partial charge in [0.2, 0.25) is 10.0 Å². The highest BCUT2D eigenvalue weighted by Gasteiger charge is 2.14. The Hall–Kier alpha value is -1.92. The SMILES string of the molecule is [NH3+]Cc1ccccc1S(=O)(=O)[N-]c1ccccn1. The van der Waals surface area contributed by atoms with Crippen molar-refractivity contribution in [2.45, 2.75) is 11.4 Å². The second-order valence-corrected chi connectivity index (χ2v) is 5.18. The summed E-state index contributed by atoms with van der Waals surface area (Å²) in [6, 6.07) is 11.6. The molecule has 1 aromatic carbocycles. The van der Waals surface area contributed by atoms with Crippen molar-refractivity contribution in [3.8, 4) is 0 Å². The highest BCUT2D eigenvalue weighted by Crippen LogP contribution is 2.27. The fraction of sp³-hybridized carbons (Fsp3) is 0.0833. The zero-order valence-electron chi connectivity index (χ0n) is 9.65. The molecule has 0 saturated heterocycles. The highest BCUT2D eigenvalue weighted by molar-refractivity contribution is 7.94.